The maximum absolute atomic E-state index is 13.1. The van der Waals surface area contributed by atoms with Crippen LogP contribution in [0, 0.1) is 5.82 Å². The molecular formula is C13H13FN2O. The van der Waals surface area contributed by atoms with Gasteiger partial charge < -0.3 is 16.2 Å². The first-order chi connectivity index (χ1) is 8.13. The van der Waals surface area contributed by atoms with Gasteiger partial charge in [0.05, 0.1) is 18.5 Å². The van der Waals surface area contributed by atoms with Gasteiger partial charge in [-0.3, -0.25) is 0 Å². The first-order valence-electron chi connectivity index (χ1n) is 5.11. The van der Waals surface area contributed by atoms with E-state index in [1.54, 1.807) is 18.2 Å². The maximum atomic E-state index is 13.1. The molecule has 0 aromatic heterocycles. The Balaban J connectivity index is 2.64. The predicted octanol–water partition coefficient (Wildman–Crippen LogP) is 2.67. The van der Waals surface area contributed by atoms with Crippen molar-refractivity contribution in [1.29, 1.82) is 0 Å². The van der Waals surface area contributed by atoms with Crippen molar-refractivity contribution in [2.75, 3.05) is 18.6 Å². The molecule has 2 aromatic rings. The highest BCUT2D eigenvalue weighted by atomic mass is 19.1. The number of benzene rings is 2. The first kappa shape index (κ1) is 11.3. The molecule has 4 heteroatoms. The molecule has 2 rings (SSSR count). The molecule has 88 valence electrons. The molecule has 0 unspecified atom stereocenters. The molecule has 0 aliphatic carbocycles. The summed E-state index contributed by atoms with van der Waals surface area (Å²) >= 11 is 0. The second-order valence-electron chi connectivity index (χ2n) is 3.65. The summed E-state index contributed by atoms with van der Waals surface area (Å²) in [6, 6.07) is 9.64. The molecule has 3 nitrogen and oxygen atoms in total. The van der Waals surface area contributed by atoms with Gasteiger partial charge in [0.25, 0.3) is 0 Å². The Morgan fingerprint density at radius 3 is 2.53 bits per heavy atom. The van der Waals surface area contributed by atoms with Gasteiger partial charge in [-0.2, -0.15) is 0 Å². The van der Waals surface area contributed by atoms with Gasteiger partial charge >= 0.3 is 0 Å². The Kier molecular flexibility index (Phi) is 2.87. The van der Waals surface area contributed by atoms with E-state index in [1.807, 2.05) is 6.07 Å². The fourth-order valence-electron chi connectivity index (χ4n) is 1.71. The number of hydrogen-bond acceptors (Lipinski definition) is 3. The lowest BCUT2D eigenvalue weighted by atomic mass is 10.0. The molecule has 4 N–H and O–H groups in total. The van der Waals surface area contributed by atoms with Crippen LogP contribution in [-0.2, 0) is 0 Å². The average molecular weight is 232 g/mol. The highest BCUT2D eigenvalue weighted by molar-refractivity contribution is 5.86. The average Bonchev–Trinajstić information content (AvgIpc) is 2.33. The molecule has 0 atom stereocenters. The van der Waals surface area contributed by atoms with Gasteiger partial charge in [0.15, 0.2) is 0 Å². The van der Waals surface area contributed by atoms with E-state index in [2.05, 4.69) is 0 Å². The Morgan fingerprint density at radius 2 is 1.82 bits per heavy atom. The fraction of sp³-hybridized carbons (Fsp3) is 0.0769. The number of para-hydroxylation sites is 1. The van der Waals surface area contributed by atoms with Crippen LogP contribution in [0.25, 0.3) is 11.1 Å². The van der Waals surface area contributed by atoms with Gasteiger partial charge in [0, 0.05) is 17.2 Å². The fourth-order valence-corrected chi connectivity index (χ4v) is 1.71. The Hall–Kier alpha value is -2.23. The number of nitrogens with two attached hydrogens (primary N) is 2. The van der Waals surface area contributed by atoms with Gasteiger partial charge in [-0.1, -0.05) is 12.1 Å². The molecule has 0 aliphatic rings. The third kappa shape index (κ3) is 2.01. The second-order valence-corrected chi connectivity index (χ2v) is 3.65. The summed E-state index contributed by atoms with van der Waals surface area (Å²) in [5, 5.41) is 0. The number of methoxy groups -OCH3 is 1. The maximum Gasteiger partial charge on any atom is 0.129 e. The van der Waals surface area contributed by atoms with Crippen molar-refractivity contribution < 1.29 is 9.13 Å². The summed E-state index contributed by atoms with van der Waals surface area (Å²) in [4.78, 5) is 0. The van der Waals surface area contributed by atoms with E-state index in [4.69, 9.17) is 16.2 Å². The van der Waals surface area contributed by atoms with E-state index in [1.165, 1.54) is 19.2 Å². The minimum atomic E-state index is -0.354. The van der Waals surface area contributed by atoms with Crippen molar-refractivity contribution in [2.45, 2.75) is 0 Å². The van der Waals surface area contributed by atoms with Gasteiger partial charge in [-0.25, -0.2) is 4.39 Å². The zero-order valence-electron chi connectivity index (χ0n) is 9.41. The van der Waals surface area contributed by atoms with Crippen molar-refractivity contribution in [3.05, 3.63) is 42.2 Å². The number of halogens is 1. The van der Waals surface area contributed by atoms with Crippen LogP contribution in [0.15, 0.2) is 36.4 Å². The summed E-state index contributed by atoms with van der Waals surface area (Å²) in [7, 11) is 1.49. The monoisotopic (exact) mass is 232 g/mol. The number of anilines is 2. The summed E-state index contributed by atoms with van der Waals surface area (Å²) in [5.41, 5.74) is 14.1. The van der Waals surface area contributed by atoms with Crippen LogP contribution in [0.3, 0.4) is 0 Å². The largest absolute Gasteiger partial charge is 0.496 e. The van der Waals surface area contributed by atoms with Crippen LogP contribution < -0.4 is 16.2 Å². The molecule has 0 heterocycles. The molecule has 2 aromatic carbocycles. The summed E-state index contributed by atoms with van der Waals surface area (Å²) < 4.78 is 18.2. The van der Waals surface area contributed by atoms with E-state index >= 15 is 0 Å². The lowest BCUT2D eigenvalue weighted by molar-refractivity contribution is 0.413. The molecule has 0 radical (unpaired) electrons. The molecule has 0 saturated carbocycles. The van der Waals surface area contributed by atoms with Crippen LogP contribution in [0.2, 0.25) is 0 Å². The van der Waals surface area contributed by atoms with Crippen molar-refractivity contribution >= 4 is 11.4 Å². The highest BCUT2D eigenvalue weighted by Gasteiger charge is 2.11. The molecule has 0 saturated heterocycles. The lowest BCUT2D eigenvalue weighted by Crippen LogP contribution is -1.98. The van der Waals surface area contributed by atoms with E-state index in [0.29, 0.717) is 17.1 Å². The SMILES string of the molecule is COc1cc(F)ccc1-c1cccc(N)c1N. The Bertz CT molecular complexity index is 555. The molecule has 17 heavy (non-hydrogen) atoms. The van der Waals surface area contributed by atoms with Crippen LogP contribution in [0.1, 0.15) is 0 Å². The van der Waals surface area contributed by atoms with Crippen LogP contribution in [0.4, 0.5) is 15.8 Å². The molecular weight excluding hydrogens is 219 g/mol. The summed E-state index contributed by atoms with van der Waals surface area (Å²) in [6.45, 7) is 0. The summed E-state index contributed by atoms with van der Waals surface area (Å²) in [5.74, 6) is 0.0791. The molecule has 0 aliphatic heterocycles. The molecule has 0 amide bonds. The minimum absolute atomic E-state index is 0.354. The van der Waals surface area contributed by atoms with Crippen molar-refractivity contribution in [3.8, 4) is 16.9 Å². The van der Waals surface area contributed by atoms with E-state index in [-0.39, 0.29) is 5.82 Å². The number of nitrogen functional groups attached to an aromatic ring is 2. The van der Waals surface area contributed by atoms with Gasteiger partial charge in [0.1, 0.15) is 11.6 Å². The summed E-state index contributed by atoms with van der Waals surface area (Å²) in [6.07, 6.45) is 0. The number of rotatable bonds is 2. The highest BCUT2D eigenvalue weighted by Crippen LogP contribution is 2.36. The van der Waals surface area contributed by atoms with E-state index in [0.717, 1.165) is 11.1 Å². The Labute approximate surface area is 98.8 Å². The van der Waals surface area contributed by atoms with Crippen molar-refractivity contribution in [3.63, 3.8) is 0 Å². The van der Waals surface area contributed by atoms with Crippen molar-refractivity contribution in [1.82, 2.24) is 0 Å². The quantitative estimate of drug-likeness (QED) is 0.782. The van der Waals surface area contributed by atoms with E-state index < -0.39 is 0 Å². The standard InChI is InChI=1S/C13H13FN2O/c1-17-12-7-8(14)5-6-9(12)10-3-2-4-11(15)13(10)16/h2-7H,15-16H2,1H3. The lowest BCUT2D eigenvalue weighted by Gasteiger charge is -2.12. The first-order valence-corrected chi connectivity index (χ1v) is 5.11. The predicted molar refractivity (Wildman–Crippen MR) is 67.2 cm³/mol. The molecule has 0 spiro atoms. The van der Waals surface area contributed by atoms with E-state index in [9.17, 15) is 4.39 Å². The number of ether oxygens (including phenoxy) is 1. The smallest absolute Gasteiger partial charge is 0.129 e. The van der Waals surface area contributed by atoms with Crippen LogP contribution >= 0.6 is 0 Å². The third-order valence-electron chi connectivity index (χ3n) is 2.59. The zero-order valence-corrected chi connectivity index (χ0v) is 9.41. The van der Waals surface area contributed by atoms with Crippen molar-refractivity contribution in [2.24, 2.45) is 0 Å². The number of hydrogen-bond donors (Lipinski definition) is 2. The Morgan fingerprint density at radius 1 is 1.06 bits per heavy atom. The molecule has 0 bridgehead atoms. The second kappa shape index (κ2) is 4.33. The van der Waals surface area contributed by atoms with Crippen LogP contribution in [-0.4, -0.2) is 7.11 Å². The minimum Gasteiger partial charge on any atom is -0.496 e. The van der Waals surface area contributed by atoms with Gasteiger partial charge in [0.2, 0.25) is 0 Å². The van der Waals surface area contributed by atoms with Crippen LogP contribution in [0.5, 0.6) is 5.75 Å². The van der Waals surface area contributed by atoms with Gasteiger partial charge in [-0.15, -0.1) is 0 Å². The zero-order chi connectivity index (χ0) is 12.4. The third-order valence-corrected chi connectivity index (χ3v) is 2.59. The topological polar surface area (TPSA) is 61.3 Å². The normalized spacial score (nSPS) is 10.2. The molecule has 0 fully saturated rings. The van der Waals surface area contributed by atoms with Gasteiger partial charge in [-0.05, 0) is 18.2 Å².